The Balaban J connectivity index is 0. The Morgan fingerprint density at radius 3 is 2.12 bits per heavy atom. The first-order valence-corrected chi connectivity index (χ1v) is 5.89. The van der Waals surface area contributed by atoms with E-state index in [-0.39, 0.29) is 28.8 Å². The van der Waals surface area contributed by atoms with Gasteiger partial charge in [-0.25, -0.2) is 0 Å². The van der Waals surface area contributed by atoms with E-state index < -0.39 is 0 Å². The molecule has 16 heavy (non-hydrogen) atoms. The Kier molecular flexibility index (Phi) is 12.7. The standard InChI is InChI=1S/C7H8S2.C3H6OS2.Sb/c1-5-2-3-6(8)7(9)4-5;1-2-4-3(5)6;/h2-4,8-9H,1H3;2H2,1H3,(H,5,6);/q;;+3/p-3. The van der Waals surface area contributed by atoms with Crippen LogP contribution in [0, 0.1) is 6.92 Å². The zero-order chi connectivity index (χ0) is 11.8. The average molecular weight is 397 g/mol. The van der Waals surface area contributed by atoms with Crippen molar-refractivity contribution in [3.05, 3.63) is 23.8 Å². The molecule has 86 valence electrons. The molecule has 0 saturated heterocycles. The SMILES string of the molecule is CCOC(=S)[S-].Cc1ccc([S-])c([S-])c1.[Sb+3]. The molecule has 0 heterocycles. The van der Waals surface area contributed by atoms with Crippen LogP contribution < -0.4 is 0 Å². The van der Waals surface area contributed by atoms with Crippen molar-refractivity contribution in [3.63, 3.8) is 0 Å². The molecule has 6 heteroatoms. The number of rotatable bonds is 1. The van der Waals surface area contributed by atoms with Crippen LogP contribution in [0.15, 0.2) is 28.0 Å². The molecule has 0 spiro atoms. The topological polar surface area (TPSA) is 9.23 Å². The van der Waals surface area contributed by atoms with Gasteiger partial charge in [0.05, 0.1) is 6.61 Å². The molecule has 1 aromatic carbocycles. The zero-order valence-corrected chi connectivity index (χ0v) is 14.7. The fourth-order valence-electron chi connectivity index (χ4n) is 0.733. The van der Waals surface area contributed by atoms with E-state index in [1.807, 2.05) is 32.0 Å². The van der Waals surface area contributed by atoms with E-state index in [1.54, 1.807) is 0 Å². The van der Waals surface area contributed by atoms with Crippen LogP contribution in [0.2, 0.25) is 0 Å². The van der Waals surface area contributed by atoms with Crippen LogP contribution >= 0.6 is 12.2 Å². The molecule has 1 aromatic rings. The van der Waals surface area contributed by atoms with Gasteiger partial charge in [-0.3, -0.25) is 0 Å². The summed E-state index contributed by atoms with van der Waals surface area (Å²) < 4.78 is 4.79. The molecular formula is C10H11OS4Sb. The van der Waals surface area contributed by atoms with Gasteiger partial charge in [-0.2, -0.15) is 9.79 Å². The predicted octanol–water partition coefficient (Wildman–Crippen LogP) is 2.28. The molecule has 0 fully saturated rings. The van der Waals surface area contributed by atoms with E-state index in [0.717, 1.165) is 9.79 Å². The van der Waals surface area contributed by atoms with Gasteiger partial charge in [0, 0.05) is 4.38 Å². The molecule has 0 aliphatic rings. The molecule has 1 rings (SSSR count). The molecule has 0 bridgehead atoms. The van der Waals surface area contributed by atoms with Crippen molar-refractivity contribution in [1.29, 1.82) is 0 Å². The van der Waals surface area contributed by atoms with Gasteiger partial charge in [-0.1, -0.05) is 23.8 Å². The molecule has 2 radical (unpaired) electrons. The van der Waals surface area contributed by atoms with Crippen LogP contribution in [-0.2, 0) is 42.6 Å². The monoisotopic (exact) mass is 396 g/mol. The van der Waals surface area contributed by atoms with Crippen LogP contribution in [0.25, 0.3) is 0 Å². The Bertz CT molecular complexity index is 331. The summed E-state index contributed by atoms with van der Waals surface area (Å²) in [7, 11) is 0. The van der Waals surface area contributed by atoms with Crippen LogP contribution in [-0.4, -0.2) is 35.4 Å². The van der Waals surface area contributed by atoms with Crippen molar-refractivity contribution in [2.24, 2.45) is 0 Å². The van der Waals surface area contributed by atoms with E-state index in [4.69, 9.17) is 25.3 Å². The van der Waals surface area contributed by atoms with Crippen molar-refractivity contribution in [2.75, 3.05) is 6.61 Å². The summed E-state index contributed by atoms with van der Waals surface area (Å²) in [6, 6.07) is 5.75. The maximum absolute atomic E-state index is 4.94. The fraction of sp³-hybridized carbons (Fsp3) is 0.300. The molecule has 0 unspecified atom stereocenters. The molecule has 0 N–H and O–H groups in total. The van der Waals surface area contributed by atoms with Crippen LogP contribution in [0.1, 0.15) is 12.5 Å². The number of hydrogen-bond donors (Lipinski definition) is 0. The first kappa shape index (κ1) is 18.9. The molecular weight excluding hydrogens is 386 g/mol. The van der Waals surface area contributed by atoms with Crippen molar-refractivity contribution >= 4 is 78.9 Å². The second-order valence-electron chi connectivity index (χ2n) is 2.63. The summed E-state index contributed by atoms with van der Waals surface area (Å²) in [5.74, 6) is 0. The van der Waals surface area contributed by atoms with E-state index in [9.17, 15) is 0 Å². The molecule has 0 amide bonds. The summed E-state index contributed by atoms with van der Waals surface area (Å²) >= 11 is 18.6. The summed E-state index contributed by atoms with van der Waals surface area (Å²) in [5.41, 5.74) is 1.17. The van der Waals surface area contributed by atoms with Crippen LogP contribution in [0.4, 0.5) is 0 Å². The normalized spacial score (nSPS) is 8.12. The fourth-order valence-corrected chi connectivity index (χ4v) is 1.35. The second kappa shape index (κ2) is 10.7. The molecule has 0 saturated carbocycles. The molecule has 0 aromatic heterocycles. The van der Waals surface area contributed by atoms with Crippen molar-refractivity contribution in [1.82, 2.24) is 0 Å². The molecule has 0 aliphatic heterocycles. The summed E-state index contributed by atoms with van der Waals surface area (Å²) in [4.78, 5) is 1.56. The Morgan fingerprint density at radius 2 is 1.88 bits per heavy atom. The van der Waals surface area contributed by atoms with Gasteiger partial charge in [0.25, 0.3) is 0 Å². The quantitative estimate of drug-likeness (QED) is 0.407. The maximum atomic E-state index is 4.94. The Morgan fingerprint density at radius 1 is 1.31 bits per heavy atom. The van der Waals surface area contributed by atoms with Crippen molar-refractivity contribution in [3.8, 4) is 0 Å². The average Bonchev–Trinajstić information content (AvgIpc) is 2.13. The van der Waals surface area contributed by atoms with E-state index in [0.29, 0.717) is 6.61 Å². The summed E-state index contributed by atoms with van der Waals surface area (Å²) in [5, 5.41) is 0. The maximum Gasteiger partial charge on any atom is 3.00 e. The molecule has 0 aliphatic carbocycles. The Hall–Kier alpha value is 0.588. The van der Waals surface area contributed by atoms with Crippen molar-refractivity contribution < 1.29 is 4.74 Å². The number of ether oxygens (including phenoxy) is 1. The number of aryl methyl sites for hydroxylation is 1. The second-order valence-corrected chi connectivity index (χ2v) is 4.51. The minimum Gasteiger partial charge on any atom is -0.781 e. The van der Waals surface area contributed by atoms with Crippen LogP contribution in [0.3, 0.4) is 0 Å². The zero-order valence-electron chi connectivity index (χ0n) is 8.93. The Labute approximate surface area is 136 Å². The summed E-state index contributed by atoms with van der Waals surface area (Å²) in [6.07, 6.45) is 0. The third-order valence-corrected chi connectivity index (χ3v) is 2.42. The number of hydrogen-bond acceptors (Lipinski definition) is 5. The van der Waals surface area contributed by atoms with Gasteiger partial charge in [-0.15, -0.1) is 0 Å². The van der Waals surface area contributed by atoms with Crippen LogP contribution in [0.5, 0.6) is 0 Å². The molecule has 0 atom stereocenters. The minimum atomic E-state index is 0. The first-order chi connectivity index (χ1) is 6.97. The van der Waals surface area contributed by atoms with Gasteiger partial charge in [0.15, 0.2) is 0 Å². The van der Waals surface area contributed by atoms with E-state index >= 15 is 0 Å². The van der Waals surface area contributed by atoms with Crippen molar-refractivity contribution in [2.45, 2.75) is 23.6 Å². The van der Waals surface area contributed by atoms with Gasteiger partial charge >= 0.3 is 24.4 Å². The number of thiocarbonyl (C=S) groups is 1. The van der Waals surface area contributed by atoms with Gasteiger partial charge in [0.1, 0.15) is 0 Å². The van der Waals surface area contributed by atoms with E-state index in [1.165, 1.54) is 5.56 Å². The van der Waals surface area contributed by atoms with Gasteiger partial charge in [0.2, 0.25) is 0 Å². The first-order valence-electron chi connectivity index (χ1n) is 4.25. The third-order valence-electron chi connectivity index (χ3n) is 1.36. The van der Waals surface area contributed by atoms with Gasteiger partial charge in [-0.05, 0) is 13.8 Å². The largest absolute Gasteiger partial charge is 3.00 e. The number of benzene rings is 1. The molecule has 1 nitrogen and oxygen atoms in total. The van der Waals surface area contributed by atoms with Gasteiger partial charge < -0.3 is 54.8 Å². The minimum absolute atomic E-state index is 0. The third kappa shape index (κ3) is 9.79. The van der Waals surface area contributed by atoms with E-state index in [2.05, 4.69) is 29.6 Å². The summed E-state index contributed by atoms with van der Waals surface area (Å²) in [6.45, 7) is 4.44. The smallest absolute Gasteiger partial charge is 0.781 e. The predicted molar refractivity (Wildman–Crippen MR) is 79.8 cm³/mol.